The van der Waals surface area contributed by atoms with E-state index in [1.165, 1.54) is 11.3 Å². The summed E-state index contributed by atoms with van der Waals surface area (Å²) in [6.45, 7) is 8.03. The van der Waals surface area contributed by atoms with Crippen LogP contribution in [0, 0.1) is 13.8 Å². The molecule has 5 nitrogen and oxygen atoms in total. The summed E-state index contributed by atoms with van der Waals surface area (Å²) in [5.74, 6) is 2.42. The molecule has 0 atom stereocenters. The topological polar surface area (TPSA) is 45.5 Å². The molecule has 0 saturated carbocycles. The van der Waals surface area contributed by atoms with Gasteiger partial charge in [0, 0.05) is 24.5 Å². The van der Waals surface area contributed by atoms with Gasteiger partial charge in [0.05, 0.1) is 5.52 Å². The molecule has 124 valence electrons. The normalized spacial score (nSPS) is 12.8. The number of pyridine rings is 1. The Balaban J connectivity index is 1.66. The van der Waals surface area contributed by atoms with Crippen molar-refractivity contribution in [1.29, 1.82) is 0 Å². The van der Waals surface area contributed by atoms with Crippen LogP contribution in [-0.4, -0.2) is 16.3 Å². The van der Waals surface area contributed by atoms with E-state index < -0.39 is 0 Å². The van der Waals surface area contributed by atoms with Crippen molar-refractivity contribution in [3.63, 3.8) is 0 Å². The standard InChI is InChI=1S/C19H20N2O3/c1-4-21-13(3)12(2)18-19(21)16(7-8-20-18)22-10-14-5-6-15-17(9-14)24-11-23-15/h5-9H,4,10-11H2,1-3H3. The number of hydrogen-bond donors (Lipinski definition) is 0. The molecule has 4 rings (SSSR count). The minimum Gasteiger partial charge on any atom is -0.487 e. The third kappa shape index (κ3) is 2.28. The number of hydrogen-bond acceptors (Lipinski definition) is 4. The fourth-order valence-electron chi connectivity index (χ4n) is 3.22. The van der Waals surface area contributed by atoms with Gasteiger partial charge in [-0.25, -0.2) is 0 Å². The van der Waals surface area contributed by atoms with Crippen LogP contribution in [0.1, 0.15) is 23.7 Å². The van der Waals surface area contributed by atoms with E-state index >= 15 is 0 Å². The van der Waals surface area contributed by atoms with Crippen molar-refractivity contribution < 1.29 is 14.2 Å². The van der Waals surface area contributed by atoms with E-state index in [9.17, 15) is 0 Å². The van der Waals surface area contributed by atoms with Crippen LogP contribution in [0.4, 0.5) is 0 Å². The Bertz CT molecular complexity index is 915. The molecule has 1 aromatic carbocycles. The zero-order chi connectivity index (χ0) is 16.7. The number of nitrogens with zero attached hydrogens (tertiary/aromatic N) is 2. The molecule has 0 unspecified atom stereocenters. The molecule has 2 aromatic heterocycles. The largest absolute Gasteiger partial charge is 0.487 e. The van der Waals surface area contributed by atoms with E-state index in [0.717, 1.165) is 40.4 Å². The summed E-state index contributed by atoms with van der Waals surface area (Å²) in [7, 11) is 0. The number of ether oxygens (including phenoxy) is 3. The highest BCUT2D eigenvalue weighted by Crippen LogP contribution is 2.34. The monoisotopic (exact) mass is 324 g/mol. The average molecular weight is 324 g/mol. The van der Waals surface area contributed by atoms with Gasteiger partial charge in [0.25, 0.3) is 0 Å². The summed E-state index contributed by atoms with van der Waals surface area (Å²) in [5.41, 5.74) is 5.57. The van der Waals surface area contributed by atoms with Gasteiger partial charge in [0.1, 0.15) is 17.9 Å². The van der Waals surface area contributed by atoms with Crippen LogP contribution in [0.2, 0.25) is 0 Å². The van der Waals surface area contributed by atoms with E-state index in [1.807, 2.05) is 30.5 Å². The Kier molecular flexibility index (Phi) is 3.56. The molecule has 3 aromatic rings. The molecule has 0 N–H and O–H groups in total. The van der Waals surface area contributed by atoms with Gasteiger partial charge in [-0.1, -0.05) is 6.07 Å². The second-order valence-corrected chi connectivity index (χ2v) is 5.94. The Morgan fingerprint density at radius 1 is 1.17 bits per heavy atom. The summed E-state index contributed by atoms with van der Waals surface area (Å²) >= 11 is 0. The zero-order valence-corrected chi connectivity index (χ0v) is 14.1. The van der Waals surface area contributed by atoms with Crippen molar-refractivity contribution in [3.8, 4) is 17.2 Å². The molecule has 0 aliphatic carbocycles. The van der Waals surface area contributed by atoms with Crippen molar-refractivity contribution >= 4 is 11.0 Å². The van der Waals surface area contributed by atoms with Gasteiger partial charge in [-0.2, -0.15) is 0 Å². The highest BCUT2D eigenvalue weighted by Gasteiger charge is 2.16. The first-order valence-electron chi connectivity index (χ1n) is 8.14. The Hall–Kier alpha value is -2.69. The maximum Gasteiger partial charge on any atom is 0.231 e. The minimum atomic E-state index is 0.285. The van der Waals surface area contributed by atoms with Crippen LogP contribution < -0.4 is 14.2 Å². The molecule has 0 bridgehead atoms. The van der Waals surface area contributed by atoms with Crippen molar-refractivity contribution in [2.45, 2.75) is 33.9 Å². The summed E-state index contributed by atoms with van der Waals surface area (Å²) in [6.07, 6.45) is 1.81. The van der Waals surface area contributed by atoms with Gasteiger partial charge in [-0.3, -0.25) is 4.98 Å². The second-order valence-electron chi connectivity index (χ2n) is 5.94. The molecule has 0 fully saturated rings. The van der Waals surface area contributed by atoms with Crippen molar-refractivity contribution in [3.05, 3.63) is 47.3 Å². The summed E-state index contributed by atoms with van der Waals surface area (Å²) in [5, 5.41) is 0. The smallest absolute Gasteiger partial charge is 0.231 e. The number of rotatable bonds is 4. The first-order valence-corrected chi connectivity index (χ1v) is 8.14. The Labute approximate surface area is 140 Å². The molecule has 0 spiro atoms. The van der Waals surface area contributed by atoms with Gasteiger partial charge in [-0.15, -0.1) is 0 Å². The highest BCUT2D eigenvalue weighted by molar-refractivity contribution is 5.86. The van der Waals surface area contributed by atoms with Gasteiger partial charge < -0.3 is 18.8 Å². The molecule has 0 radical (unpaired) electrons. The maximum atomic E-state index is 6.12. The first kappa shape index (κ1) is 14.9. The van der Waals surface area contributed by atoms with Crippen LogP contribution >= 0.6 is 0 Å². The van der Waals surface area contributed by atoms with Crippen LogP contribution in [0.5, 0.6) is 17.2 Å². The van der Waals surface area contributed by atoms with E-state index in [0.29, 0.717) is 6.61 Å². The Morgan fingerprint density at radius 3 is 2.83 bits per heavy atom. The Morgan fingerprint density at radius 2 is 2.00 bits per heavy atom. The fourth-order valence-corrected chi connectivity index (χ4v) is 3.22. The molecule has 1 aliphatic heterocycles. The molecule has 3 heterocycles. The van der Waals surface area contributed by atoms with Crippen LogP contribution in [-0.2, 0) is 13.2 Å². The minimum absolute atomic E-state index is 0.285. The number of aryl methyl sites for hydroxylation is 2. The van der Waals surface area contributed by atoms with Crippen LogP contribution in [0.3, 0.4) is 0 Å². The molecule has 24 heavy (non-hydrogen) atoms. The van der Waals surface area contributed by atoms with Crippen molar-refractivity contribution in [2.24, 2.45) is 0 Å². The zero-order valence-electron chi connectivity index (χ0n) is 14.1. The van der Waals surface area contributed by atoms with E-state index in [-0.39, 0.29) is 6.79 Å². The third-order valence-electron chi connectivity index (χ3n) is 4.61. The third-order valence-corrected chi connectivity index (χ3v) is 4.61. The van der Waals surface area contributed by atoms with Gasteiger partial charge in [-0.05, 0) is 44.0 Å². The molecular formula is C19H20N2O3. The lowest BCUT2D eigenvalue weighted by Gasteiger charge is -2.11. The fraction of sp³-hybridized carbons (Fsp3) is 0.316. The number of aromatic nitrogens is 2. The lowest BCUT2D eigenvalue weighted by Crippen LogP contribution is -2.01. The first-order chi connectivity index (χ1) is 11.7. The summed E-state index contributed by atoms with van der Waals surface area (Å²) < 4.78 is 19.1. The molecule has 5 heteroatoms. The van der Waals surface area contributed by atoms with E-state index in [4.69, 9.17) is 14.2 Å². The lowest BCUT2D eigenvalue weighted by atomic mass is 10.2. The molecule has 1 aliphatic rings. The molecule has 0 amide bonds. The van der Waals surface area contributed by atoms with Gasteiger partial charge in [0.2, 0.25) is 6.79 Å². The van der Waals surface area contributed by atoms with Crippen LogP contribution in [0.25, 0.3) is 11.0 Å². The van der Waals surface area contributed by atoms with Crippen molar-refractivity contribution in [2.75, 3.05) is 6.79 Å². The number of fused-ring (bicyclic) bond motifs is 2. The maximum absolute atomic E-state index is 6.12. The summed E-state index contributed by atoms with van der Waals surface area (Å²) in [6, 6.07) is 7.82. The quantitative estimate of drug-likeness (QED) is 0.728. The molecular weight excluding hydrogens is 304 g/mol. The molecule has 0 saturated heterocycles. The SMILES string of the molecule is CCn1c(C)c(C)c2nccc(OCc3ccc4c(c3)OCO4)c21. The number of benzene rings is 1. The second kappa shape index (κ2) is 5.74. The van der Waals surface area contributed by atoms with Crippen LogP contribution in [0.15, 0.2) is 30.5 Å². The average Bonchev–Trinajstić information content (AvgIpc) is 3.16. The lowest BCUT2D eigenvalue weighted by molar-refractivity contribution is 0.174. The predicted octanol–water partition coefficient (Wildman–Crippen LogP) is 3.98. The van der Waals surface area contributed by atoms with Gasteiger partial charge >= 0.3 is 0 Å². The van der Waals surface area contributed by atoms with E-state index in [2.05, 4.69) is 30.3 Å². The van der Waals surface area contributed by atoms with Gasteiger partial charge in [0.15, 0.2) is 11.5 Å². The summed E-state index contributed by atoms with van der Waals surface area (Å²) in [4.78, 5) is 4.54. The predicted molar refractivity (Wildman–Crippen MR) is 91.8 cm³/mol. The van der Waals surface area contributed by atoms with Crippen molar-refractivity contribution in [1.82, 2.24) is 9.55 Å². The highest BCUT2D eigenvalue weighted by atomic mass is 16.7. The van der Waals surface area contributed by atoms with E-state index in [1.54, 1.807) is 0 Å².